The molecule has 0 amide bonds. The normalized spacial score (nSPS) is 36.7. The van der Waals surface area contributed by atoms with Crippen LogP contribution in [-0.2, 0) is 14.3 Å². The van der Waals surface area contributed by atoms with E-state index >= 15 is 0 Å². The highest BCUT2D eigenvalue weighted by molar-refractivity contribution is 7.87. The summed E-state index contributed by atoms with van der Waals surface area (Å²) in [4.78, 5) is 0. The van der Waals surface area contributed by atoms with Gasteiger partial charge in [0.05, 0.1) is 5.25 Å². The van der Waals surface area contributed by atoms with Gasteiger partial charge in [-0.25, -0.2) is 0 Å². The zero-order valence-corrected chi connectivity index (χ0v) is 11.9. The van der Waals surface area contributed by atoms with Crippen LogP contribution in [0, 0.1) is 11.8 Å². The van der Waals surface area contributed by atoms with Crippen LogP contribution in [0.4, 0.5) is 13.2 Å². The molecule has 0 aromatic rings. The van der Waals surface area contributed by atoms with Crippen molar-refractivity contribution < 1.29 is 25.8 Å². The van der Waals surface area contributed by atoms with Crippen molar-refractivity contribution in [2.75, 3.05) is 0 Å². The Labute approximate surface area is 111 Å². The van der Waals surface area contributed by atoms with E-state index in [0.29, 0.717) is 12.8 Å². The minimum Gasteiger partial charge on any atom is -0.253 e. The van der Waals surface area contributed by atoms with Crippen molar-refractivity contribution in [2.24, 2.45) is 11.8 Å². The predicted octanol–water partition coefficient (Wildman–Crippen LogP) is 3.25. The highest BCUT2D eigenvalue weighted by Crippen LogP contribution is 2.59. The Hall–Kier alpha value is -0.300. The van der Waals surface area contributed by atoms with Crippen molar-refractivity contribution in [1.29, 1.82) is 0 Å². The molecule has 0 heterocycles. The molecular formula is C12H19F3O3S. The molecule has 2 aliphatic rings. The van der Waals surface area contributed by atoms with Gasteiger partial charge in [0, 0.05) is 0 Å². The van der Waals surface area contributed by atoms with E-state index in [9.17, 15) is 21.6 Å². The summed E-state index contributed by atoms with van der Waals surface area (Å²) in [5, 5.41) is -0.911. The van der Waals surface area contributed by atoms with Crippen LogP contribution >= 0.6 is 0 Å². The lowest BCUT2D eigenvalue weighted by molar-refractivity contribution is -0.264. The predicted molar refractivity (Wildman–Crippen MR) is 64.0 cm³/mol. The van der Waals surface area contributed by atoms with E-state index in [4.69, 9.17) is 4.18 Å². The number of halogens is 3. The average molecular weight is 300 g/mol. The first-order valence-electron chi connectivity index (χ1n) is 6.63. The highest BCUT2D eigenvalue weighted by Gasteiger charge is 2.68. The molecule has 2 aliphatic carbocycles. The fourth-order valence-corrected chi connectivity index (χ4v) is 4.56. The standard InChI is InChI=1S/C12H19F3O3S/c1-3-8(2)19(16,17)18-11(12(13,14)15)7-9-4-5-10(11)6-9/h8-10H,3-7H2,1-2H3. The number of hydrogen-bond acceptors (Lipinski definition) is 3. The summed E-state index contributed by atoms with van der Waals surface area (Å²) in [5.74, 6) is -0.768. The maximum Gasteiger partial charge on any atom is 0.419 e. The molecule has 4 unspecified atom stereocenters. The molecule has 4 atom stereocenters. The second-order valence-corrected chi connectivity index (χ2v) is 7.72. The minimum absolute atomic E-state index is 0.0567. The van der Waals surface area contributed by atoms with Gasteiger partial charge in [-0.15, -0.1) is 0 Å². The molecule has 19 heavy (non-hydrogen) atoms. The van der Waals surface area contributed by atoms with Crippen molar-refractivity contribution in [3.8, 4) is 0 Å². The third-order valence-corrected chi connectivity index (χ3v) is 6.45. The van der Waals surface area contributed by atoms with Crippen LogP contribution in [0.15, 0.2) is 0 Å². The zero-order valence-electron chi connectivity index (χ0n) is 11.0. The van der Waals surface area contributed by atoms with Crippen LogP contribution in [0.25, 0.3) is 0 Å². The summed E-state index contributed by atoms with van der Waals surface area (Å²) in [5.41, 5.74) is -2.47. The summed E-state index contributed by atoms with van der Waals surface area (Å²) in [7, 11) is -4.18. The van der Waals surface area contributed by atoms with E-state index in [1.807, 2.05) is 0 Å². The Morgan fingerprint density at radius 2 is 2.00 bits per heavy atom. The van der Waals surface area contributed by atoms with E-state index in [-0.39, 0.29) is 18.8 Å². The van der Waals surface area contributed by atoms with Gasteiger partial charge in [-0.05, 0) is 50.9 Å². The minimum atomic E-state index is -4.63. The van der Waals surface area contributed by atoms with Gasteiger partial charge in [-0.3, -0.25) is 4.18 Å². The van der Waals surface area contributed by atoms with Gasteiger partial charge >= 0.3 is 6.18 Å². The van der Waals surface area contributed by atoms with Gasteiger partial charge in [0.15, 0.2) is 5.60 Å². The first kappa shape index (κ1) is 15.1. The molecule has 2 rings (SSSR count). The summed E-state index contributed by atoms with van der Waals surface area (Å²) < 4.78 is 68.8. The van der Waals surface area contributed by atoms with Crippen LogP contribution in [0.2, 0.25) is 0 Å². The SMILES string of the molecule is CCC(C)S(=O)(=O)OC1(C(F)(F)F)CC2CCC1C2. The molecule has 2 fully saturated rings. The molecule has 3 nitrogen and oxygen atoms in total. The topological polar surface area (TPSA) is 43.4 Å². The second-order valence-electron chi connectivity index (χ2n) is 5.76. The number of hydrogen-bond donors (Lipinski definition) is 0. The van der Waals surface area contributed by atoms with Crippen LogP contribution < -0.4 is 0 Å². The molecule has 112 valence electrons. The molecule has 7 heteroatoms. The Balaban J connectivity index is 2.32. The van der Waals surface area contributed by atoms with Gasteiger partial charge in [0.2, 0.25) is 0 Å². The maximum absolute atomic E-state index is 13.4. The van der Waals surface area contributed by atoms with Crippen LogP contribution in [0.1, 0.15) is 46.0 Å². The van der Waals surface area contributed by atoms with Gasteiger partial charge in [0.1, 0.15) is 0 Å². The lowest BCUT2D eigenvalue weighted by Crippen LogP contribution is -2.53. The third kappa shape index (κ3) is 2.39. The van der Waals surface area contributed by atoms with Gasteiger partial charge < -0.3 is 0 Å². The Morgan fingerprint density at radius 1 is 1.37 bits per heavy atom. The van der Waals surface area contributed by atoms with Crippen LogP contribution in [0.5, 0.6) is 0 Å². The molecule has 0 N–H and O–H groups in total. The van der Waals surface area contributed by atoms with Crippen molar-refractivity contribution in [3.05, 3.63) is 0 Å². The van der Waals surface area contributed by atoms with E-state index < -0.39 is 33.1 Å². The zero-order chi connectivity index (χ0) is 14.5. The van der Waals surface area contributed by atoms with E-state index in [1.165, 1.54) is 6.92 Å². The second kappa shape index (κ2) is 4.62. The summed E-state index contributed by atoms with van der Waals surface area (Å²) in [6, 6.07) is 0. The van der Waals surface area contributed by atoms with Gasteiger partial charge in [0.25, 0.3) is 10.1 Å². The van der Waals surface area contributed by atoms with Gasteiger partial charge in [-0.1, -0.05) is 6.92 Å². The molecule has 2 bridgehead atoms. The largest absolute Gasteiger partial charge is 0.419 e. The molecule has 0 spiro atoms. The molecule has 2 saturated carbocycles. The monoisotopic (exact) mass is 300 g/mol. The van der Waals surface area contributed by atoms with E-state index in [2.05, 4.69) is 0 Å². The number of rotatable bonds is 4. The van der Waals surface area contributed by atoms with E-state index in [1.54, 1.807) is 6.92 Å². The molecule has 0 aromatic carbocycles. The van der Waals surface area contributed by atoms with Crippen molar-refractivity contribution >= 4 is 10.1 Å². The maximum atomic E-state index is 13.4. The Kier molecular flexibility index (Phi) is 3.67. The fourth-order valence-electron chi connectivity index (χ4n) is 3.27. The molecule has 0 aliphatic heterocycles. The lowest BCUT2D eigenvalue weighted by Gasteiger charge is -2.38. The fraction of sp³-hybridized carbons (Fsp3) is 1.00. The average Bonchev–Trinajstić information content (AvgIpc) is 2.86. The molecule has 0 saturated heterocycles. The quantitative estimate of drug-likeness (QED) is 0.749. The van der Waals surface area contributed by atoms with E-state index in [0.717, 1.165) is 6.42 Å². The molecule has 0 radical (unpaired) electrons. The Morgan fingerprint density at radius 3 is 2.37 bits per heavy atom. The summed E-state index contributed by atoms with van der Waals surface area (Å²) in [6.07, 6.45) is -3.03. The highest BCUT2D eigenvalue weighted by atomic mass is 32.2. The van der Waals surface area contributed by atoms with Gasteiger partial charge in [-0.2, -0.15) is 21.6 Å². The van der Waals surface area contributed by atoms with Crippen molar-refractivity contribution in [3.63, 3.8) is 0 Å². The number of fused-ring (bicyclic) bond motifs is 2. The van der Waals surface area contributed by atoms with Crippen LogP contribution in [-0.4, -0.2) is 25.4 Å². The molecular weight excluding hydrogens is 281 g/mol. The summed E-state index contributed by atoms with van der Waals surface area (Å²) in [6.45, 7) is 3.00. The van der Waals surface area contributed by atoms with Crippen molar-refractivity contribution in [1.82, 2.24) is 0 Å². The smallest absolute Gasteiger partial charge is 0.253 e. The summed E-state index contributed by atoms with van der Waals surface area (Å²) >= 11 is 0. The third-order valence-electron chi connectivity index (χ3n) is 4.61. The number of alkyl halides is 3. The first-order chi connectivity index (χ1) is 8.62. The first-order valence-corrected chi connectivity index (χ1v) is 8.10. The van der Waals surface area contributed by atoms with Crippen molar-refractivity contribution in [2.45, 2.75) is 63.0 Å². The van der Waals surface area contributed by atoms with Crippen LogP contribution in [0.3, 0.4) is 0 Å². The molecule has 0 aromatic heterocycles. The Bertz CT molecular complexity index is 446. The lowest BCUT2D eigenvalue weighted by atomic mass is 9.84.